The van der Waals surface area contributed by atoms with Gasteiger partial charge in [-0.15, -0.1) is 11.3 Å². The molecule has 0 bridgehead atoms. The summed E-state index contributed by atoms with van der Waals surface area (Å²) in [4.78, 5) is 8.36. The summed E-state index contributed by atoms with van der Waals surface area (Å²) in [6.07, 6.45) is 3.97. The van der Waals surface area contributed by atoms with E-state index >= 15 is 0 Å². The molecule has 0 aliphatic carbocycles. The van der Waals surface area contributed by atoms with Crippen LogP contribution >= 0.6 is 11.3 Å². The Morgan fingerprint density at radius 3 is 3.21 bits per heavy atom. The summed E-state index contributed by atoms with van der Waals surface area (Å²) in [7, 11) is 1.78. The van der Waals surface area contributed by atoms with Crippen molar-refractivity contribution in [2.75, 3.05) is 20.3 Å². The van der Waals surface area contributed by atoms with Gasteiger partial charge in [0.2, 0.25) is 0 Å². The highest BCUT2D eigenvalue weighted by Gasteiger charge is 2.22. The Hall–Kier alpha value is -1.17. The summed E-state index contributed by atoms with van der Waals surface area (Å²) < 4.78 is 7.62. The predicted molar refractivity (Wildman–Crippen MR) is 76.0 cm³/mol. The molecule has 0 N–H and O–H groups in total. The zero-order chi connectivity index (χ0) is 13.1. The Morgan fingerprint density at radius 2 is 2.42 bits per heavy atom. The van der Waals surface area contributed by atoms with Crippen LogP contribution in [0.3, 0.4) is 0 Å². The van der Waals surface area contributed by atoms with Crippen molar-refractivity contribution in [3.05, 3.63) is 40.6 Å². The van der Waals surface area contributed by atoms with Gasteiger partial charge in [0.05, 0.1) is 13.2 Å². The van der Waals surface area contributed by atoms with E-state index in [-0.39, 0.29) is 0 Å². The van der Waals surface area contributed by atoms with Crippen molar-refractivity contribution in [1.29, 1.82) is 0 Å². The molecule has 2 aromatic heterocycles. The summed E-state index contributed by atoms with van der Waals surface area (Å²) in [6, 6.07) is 4.32. The van der Waals surface area contributed by atoms with Crippen molar-refractivity contribution >= 4 is 11.3 Å². The zero-order valence-corrected chi connectivity index (χ0v) is 12.0. The van der Waals surface area contributed by atoms with Gasteiger partial charge < -0.3 is 9.30 Å². The standard InChI is InChI=1S/C14H19N3OS/c1-18-11-12-7-16(9-13-3-2-6-19-13)10-14-15-4-5-17(14)8-12/h2-6,12H,7-11H2,1H3. The fraction of sp³-hybridized carbons (Fsp3) is 0.500. The average molecular weight is 277 g/mol. The third kappa shape index (κ3) is 3.05. The van der Waals surface area contributed by atoms with E-state index in [9.17, 15) is 0 Å². The number of ether oxygens (including phenoxy) is 1. The molecule has 102 valence electrons. The molecule has 0 saturated carbocycles. The molecule has 1 atom stereocenters. The quantitative estimate of drug-likeness (QED) is 0.858. The fourth-order valence-corrected chi connectivity index (χ4v) is 3.45. The minimum atomic E-state index is 0.528. The lowest BCUT2D eigenvalue weighted by atomic mass is 10.1. The first-order valence-electron chi connectivity index (χ1n) is 6.59. The van der Waals surface area contributed by atoms with Gasteiger partial charge in [-0.1, -0.05) is 6.07 Å². The highest BCUT2D eigenvalue weighted by atomic mass is 32.1. The Bertz CT molecular complexity index is 509. The molecule has 1 aliphatic heterocycles. The van der Waals surface area contributed by atoms with Gasteiger partial charge >= 0.3 is 0 Å². The third-order valence-electron chi connectivity index (χ3n) is 3.50. The van der Waals surface area contributed by atoms with Gasteiger partial charge in [0.1, 0.15) is 5.82 Å². The lowest BCUT2D eigenvalue weighted by Crippen LogP contribution is -2.29. The van der Waals surface area contributed by atoms with Crippen LogP contribution < -0.4 is 0 Å². The molecular formula is C14H19N3OS. The van der Waals surface area contributed by atoms with Crippen molar-refractivity contribution in [1.82, 2.24) is 14.5 Å². The summed E-state index contributed by atoms with van der Waals surface area (Å²) in [5.74, 6) is 1.69. The Labute approximate surface area is 117 Å². The SMILES string of the molecule is COCC1CN(Cc2cccs2)Cc2nccn2C1. The van der Waals surface area contributed by atoms with Crippen molar-refractivity contribution < 1.29 is 4.74 Å². The first-order valence-corrected chi connectivity index (χ1v) is 7.47. The summed E-state index contributed by atoms with van der Waals surface area (Å²) in [5, 5.41) is 2.14. The zero-order valence-electron chi connectivity index (χ0n) is 11.2. The molecule has 0 radical (unpaired) electrons. The van der Waals surface area contributed by atoms with E-state index in [2.05, 4.69) is 38.2 Å². The molecule has 5 heteroatoms. The topological polar surface area (TPSA) is 30.3 Å². The van der Waals surface area contributed by atoms with Crippen molar-refractivity contribution in [3.8, 4) is 0 Å². The van der Waals surface area contributed by atoms with Gasteiger partial charge in [-0.2, -0.15) is 0 Å². The Kier molecular flexibility index (Phi) is 3.96. The second-order valence-corrected chi connectivity index (χ2v) is 6.10. The third-order valence-corrected chi connectivity index (χ3v) is 4.36. The number of imidazole rings is 1. The Morgan fingerprint density at radius 1 is 1.47 bits per heavy atom. The van der Waals surface area contributed by atoms with Crippen LogP contribution in [0.15, 0.2) is 29.9 Å². The van der Waals surface area contributed by atoms with E-state index in [1.807, 2.05) is 17.5 Å². The molecule has 3 heterocycles. The molecule has 0 aromatic carbocycles. The lowest BCUT2D eigenvalue weighted by Gasteiger charge is -2.22. The van der Waals surface area contributed by atoms with Crippen LogP contribution in [0.4, 0.5) is 0 Å². The number of hydrogen-bond acceptors (Lipinski definition) is 4. The van der Waals surface area contributed by atoms with Crippen LogP contribution in [-0.2, 0) is 24.4 Å². The normalized spacial score (nSPS) is 20.2. The summed E-state index contributed by atoms with van der Waals surface area (Å²) in [6.45, 7) is 4.80. The number of rotatable bonds is 4. The van der Waals surface area contributed by atoms with Gasteiger partial charge in [-0.3, -0.25) is 4.90 Å². The van der Waals surface area contributed by atoms with E-state index in [0.29, 0.717) is 5.92 Å². The van der Waals surface area contributed by atoms with Crippen LogP contribution in [0, 0.1) is 5.92 Å². The average Bonchev–Trinajstić information content (AvgIpc) is 3.00. The van der Waals surface area contributed by atoms with Crippen LogP contribution in [-0.4, -0.2) is 34.7 Å². The summed E-state index contributed by atoms with van der Waals surface area (Å²) >= 11 is 1.82. The molecule has 4 nitrogen and oxygen atoms in total. The largest absolute Gasteiger partial charge is 0.384 e. The van der Waals surface area contributed by atoms with Gasteiger partial charge in [0, 0.05) is 49.9 Å². The smallest absolute Gasteiger partial charge is 0.122 e. The molecule has 2 aromatic rings. The molecule has 1 unspecified atom stereocenters. The monoisotopic (exact) mass is 277 g/mol. The highest BCUT2D eigenvalue weighted by molar-refractivity contribution is 7.09. The first kappa shape index (κ1) is 12.8. The van der Waals surface area contributed by atoms with Gasteiger partial charge in [0.25, 0.3) is 0 Å². The maximum absolute atomic E-state index is 5.35. The van der Waals surface area contributed by atoms with Crippen LogP contribution in [0.2, 0.25) is 0 Å². The maximum atomic E-state index is 5.35. The number of aromatic nitrogens is 2. The van der Waals surface area contributed by atoms with E-state index in [0.717, 1.165) is 38.6 Å². The molecule has 3 rings (SSSR count). The van der Waals surface area contributed by atoms with Crippen LogP contribution in [0.1, 0.15) is 10.7 Å². The molecule has 19 heavy (non-hydrogen) atoms. The number of nitrogens with zero attached hydrogens (tertiary/aromatic N) is 3. The summed E-state index contributed by atoms with van der Waals surface area (Å²) in [5.41, 5.74) is 0. The van der Waals surface area contributed by atoms with Crippen LogP contribution in [0.5, 0.6) is 0 Å². The number of methoxy groups -OCH3 is 1. The minimum Gasteiger partial charge on any atom is -0.384 e. The van der Waals surface area contributed by atoms with E-state index in [4.69, 9.17) is 4.74 Å². The van der Waals surface area contributed by atoms with Gasteiger partial charge in [-0.05, 0) is 11.4 Å². The fourth-order valence-electron chi connectivity index (χ4n) is 2.71. The first-order chi connectivity index (χ1) is 9.35. The highest BCUT2D eigenvalue weighted by Crippen LogP contribution is 2.19. The molecular weight excluding hydrogens is 258 g/mol. The van der Waals surface area contributed by atoms with E-state index < -0.39 is 0 Å². The molecule has 0 spiro atoms. The van der Waals surface area contributed by atoms with Crippen molar-refractivity contribution in [2.45, 2.75) is 19.6 Å². The number of hydrogen-bond donors (Lipinski definition) is 0. The van der Waals surface area contributed by atoms with Gasteiger partial charge in [-0.25, -0.2) is 4.98 Å². The molecule has 0 saturated heterocycles. The molecule has 0 amide bonds. The van der Waals surface area contributed by atoms with Crippen molar-refractivity contribution in [2.24, 2.45) is 5.92 Å². The number of fused-ring (bicyclic) bond motifs is 1. The molecule has 1 aliphatic rings. The minimum absolute atomic E-state index is 0.528. The van der Waals surface area contributed by atoms with E-state index in [1.54, 1.807) is 7.11 Å². The van der Waals surface area contributed by atoms with Gasteiger partial charge in [0.15, 0.2) is 0 Å². The lowest BCUT2D eigenvalue weighted by molar-refractivity contribution is 0.115. The molecule has 0 fully saturated rings. The second-order valence-electron chi connectivity index (χ2n) is 5.07. The van der Waals surface area contributed by atoms with E-state index in [1.165, 1.54) is 4.88 Å². The number of thiophene rings is 1. The van der Waals surface area contributed by atoms with Crippen molar-refractivity contribution in [3.63, 3.8) is 0 Å². The Balaban J connectivity index is 1.76. The second kappa shape index (κ2) is 5.86. The maximum Gasteiger partial charge on any atom is 0.122 e. The van der Waals surface area contributed by atoms with Crippen LogP contribution in [0.25, 0.3) is 0 Å². The predicted octanol–water partition coefficient (Wildman–Crippen LogP) is 2.22.